The number of nitriles is 1. The number of carbonyl (C=O) groups is 1. The summed E-state index contributed by atoms with van der Waals surface area (Å²) in [5.41, 5.74) is 0.859. The maximum atomic E-state index is 11.4. The number of carbonyl (C=O) groups excluding carboxylic acids is 1. The van der Waals surface area contributed by atoms with Crippen LogP contribution in [0.25, 0.3) is 0 Å². The monoisotopic (exact) mass is 264 g/mol. The Morgan fingerprint density at radius 3 is 2.72 bits per heavy atom. The summed E-state index contributed by atoms with van der Waals surface area (Å²) in [6.45, 7) is 2.11. The predicted molar refractivity (Wildman–Crippen MR) is 71.0 cm³/mol. The summed E-state index contributed by atoms with van der Waals surface area (Å²) >= 11 is 1.43. The van der Waals surface area contributed by atoms with E-state index in [1.807, 2.05) is 30.3 Å². The van der Waals surface area contributed by atoms with Gasteiger partial charge in [-0.2, -0.15) is 5.26 Å². The van der Waals surface area contributed by atoms with Gasteiger partial charge in [0, 0.05) is 11.4 Å². The predicted octanol–water partition coefficient (Wildman–Crippen LogP) is 1.86. The highest BCUT2D eigenvalue weighted by molar-refractivity contribution is 8.00. The molecule has 4 nitrogen and oxygen atoms in total. The molecule has 2 N–H and O–H groups in total. The molecule has 1 amide bonds. The first-order valence-corrected chi connectivity index (χ1v) is 6.66. The average Bonchev–Trinajstić information content (AvgIpc) is 2.37. The Hall–Kier alpha value is -1.51. The van der Waals surface area contributed by atoms with Crippen molar-refractivity contribution in [2.75, 3.05) is 12.3 Å². The van der Waals surface area contributed by atoms with Crippen molar-refractivity contribution < 1.29 is 9.90 Å². The average molecular weight is 264 g/mol. The third kappa shape index (κ3) is 5.21. The van der Waals surface area contributed by atoms with Gasteiger partial charge in [0.25, 0.3) is 0 Å². The molecular formula is C13H16N2O2S. The van der Waals surface area contributed by atoms with Crippen molar-refractivity contribution in [2.24, 2.45) is 0 Å². The van der Waals surface area contributed by atoms with Gasteiger partial charge in [-0.1, -0.05) is 12.1 Å². The van der Waals surface area contributed by atoms with E-state index in [0.717, 1.165) is 10.5 Å². The summed E-state index contributed by atoms with van der Waals surface area (Å²) in [5, 5.41) is 20.3. The second-order valence-electron chi connectivity index (χ2n) is 3.79. The van der Waals surface area contributed by atoms with Crippen LogP contribution in [0, 0.1) is 11.3 Å². The highest BCUT2D eigenvalue weighted by atomic mass is 32.2. The van der Waals surface area contributed by atoms with Gasteiger partial charge in [-0.05, 0) is 24.6 Å². The van der Waals surface area contributed by atoms with Gasteiger partial charge >= 0.3 is 0 Å². The Morgan fingerprint density at radius 2 is 2.17 bits per heavy atom. The quantitative estimate of drug-likeness (QED) is 0.607. The fourth-order valence-corrected chi connectivity index (χ4v) is 2.03. The summed E-state index contributed by atoms with van der Waals surface area (Å²) < 4.78 is 0. The van der Waals surface area contributed by atoms with E-state index in [1.54, 1.807) is 6.92 Å². The lowest BCUT2D eigenvalue weighted by Gasteiger charge is -2.06. The molecule has 0 fully saturated rings. The van der Waals surface area contributed by atoms with Crippen LogP contribution in [0.1, 0.15) is 25.0 Å². The molecule has 0 aliphatic rings. The van der Waals surface area contributed by atoms with Crippen LogP contribution in [0.3, 0.4) is 0 Å². The van der Waals surface area contributed by atoms with Crippen molar-refractivity contribution in [1.29, 1.82) is 5.26 Å². The molecule has 0 aliphatic heterocycles. The van der Waals surface area contributed by atoms with E-state index in [0.29, 0.717) is 18.7 Å². The number of amides is 1. The first kappa shape index (κ1) is 14.6. The minimum atomic E-state index is -0.474. The van der Waals surface area contributed by atoms with Crippen LogP contribution < -0.4 is 5.32 Å². The molecule has 0 aliphatic carbocycles. The van der Waals surface area contributed by atoms with Crippen molar-refractivity contribution in [3.05, 3.63) is 29.8 Å². The molecular weight excluding hydrogens is 248 g/mol. The molecule has 96 valence electrons. The fraction of sp³-hybridized carbons (Fsp3) is 0.385. The van der Waals surface area contributed by atoms with Crippen molar-refractivity contribution in [2.45, 2.75) is 24.3 Å². The van der Waals surface area contributed by atoms with E-state index in [9.17, 15) is 9.90 Å². The van der Waals surface area contributed by atoms with E-state index in [2.05, 4.69) is 5.32 Å². The SMILES string of the molecule is CC(O)c1ccc(SCC(=O)NCCC#N)cc1. The molecule has 1 atom stereocenters. The third-order valence-corrected chi connectivity index (χ3v) is 3.30. The molecule has 0 spiro atoms. The van der Waals surface area contributed by atoms with Crippen molar-refractivity contribution >= 4 is 17.7 Å². The first-order valence-electron chi connectivity index (χ1n) is 5.68. The second kappa shape index (κ2) is 7.75. The molecule has 0 saturated heterocycles. The number of nitrogens with zero attached hydrogens (tertiary/aromatic N) is 1. The molecule has 5 heteroatoms. The maximum absolute atomic E-state index is 11.4. The van der Waals surface area contributed by atoms with Gasteiger partial charge in [0.05, 0.1) is 24.3 Å². The van der Waals surface area contributed by atoms with Gasteiger partial charge in [0.15, 0.2) is 0 Å². The minimum absolute atomic E-state index is 0.0742. The van der Waals surface area contributed by atoms with Crippen LogP contribution >= 0.6 is 11.8 Å². The van der Waals surface area contributed by atoms with Crippen LogP contribution in [0.4, 0.5) is 0 Å². The molecule has 1 unspecified atom stereocenters. The Kier molecular flexibility index (Phi) is 6.26. The van der Waals surface area contributed by atoms with E-state index < -0.39 is 6.10 Å². The zero-order valence-electron chi connectivity index (χ0n) is 10.2. The molecule has 1 aromatic rings. The maximum Gasteiger partial charge on any atom is 0.230 e. The molecule has 1 rings (SSSR count). The summed E-state index contributed by atoms with van der Waals surface area (Å²) in [7, 11) is 0. The van der Waals surface area contributed by atoms with Crippen LogP contribution in [0.15, 0.2) is 29.2 Å². The number of hydrogen-bond acceptors (Lipinski definition) is 4. The zero-order chi connectivity index (χ0) is 13.4. The number of benzene rings is 1. The number of thioether (sulfide) groups is 1. The highest BCUT2D eigenvalue weighted by Gasteiger charge is 2.03. The van der Waals surface area contributed by atoms with E-state index >= 15 is 0 Å². The van der Waals surface area contributed by atoms with Gasteiger partial charge < -0.3 is 10.4 Å². The molecule has 0 bridgehead atoms. The Labute approximate surface area is 111 Å². The lowest BCUT2D eigenvalue weighted by Crippen LogP contribution is -2.25. The van der Waals surface area contributed by atoms with Crippen LogP contribution in [-0.4, -0.2) is 23.3 Å². The number of aliphatic hydroxyl groups excluding tert-OH is 1. The normalized spacial score (nSPS) is 11.6. The standard InChI is InChI=1S/C13H16N2O2S/c1-10(16)11-3-5-12(6-4-11)18-9-13(17)15-8-2-7-14/h3-6,10,16H,2,8-9H2,1H3,(H,15,17). The van der Waals surface area contributed by atoms with Crippen molar-refractivity contribution in [1.82, 2.24) is 5.32 Å². The lowest BCUT2D eigenvalue weighted by molar-refractivity contribution is -0.118. The minimum Gasteiger partial charge on any atom is -0.389 e. The summed E-state index contributed by atoms with van der Waals surface area (Å²) in [6.07, 6.45) is -0.141. The molecule has 0 saturated carbocycles. The largest absolute Gasteiger partial charge is 0.389 e. The molecule has 1 aromatic carbocycles. The van der Waals surface area contributed by atoms with Crippen molar-refractivity contribution in [3.8, 4) is 6.07 Å². The second-order valence-corrected chi connectivity index (χ2v) is 4.84. The Morgan fingerprint density at radius 1 is 1.50 bits per heavy atom. The molecule has 18 heavy (non-hydrogen) atoms. The van der Waals surface area contributed by atoms with Gasteiger partial charge in [0.2, 0.25) is 5.91 Å². The number of aliphatic hydroxyl groups is 1. The molecule has 0 heterocycles. The van der Waals surface area contributed by atoms with Crippen LogP contribution in [0.2, 0.25) is 0 Å². The summed E-state index contributed by atoms with van der Waals surface area (Å²) in [5.74, 6) is 0.259. The molecule has 0 aromatic heterocycles. The van der Waals surface area contributed by atoms with E-state index in [1.165, 1.54) is 11.8 Å². The van der Waals surface area contributed by atoms with E-state index in [-0.39, 0.29) is 5.91 Å². The third-order valence-electron chi connectivity index (χ3n) is 2.29. The summed E-state index contributed by atoms with van der Waals surface area (Å²) in [6, 6.07) is 9.43. The smallest absolute Gasteiger partial charge is 0.230 e. The number of hydrogen-bond donors (Lipinski definition) is 2. The number of nitrogens with one attached hydrogen (secondary N) is 1. The molecule has 0 radical (unpaired) electrons. The Balaban J connectivity index is 2.35. The first-order chi connectivity index (χ1) is 8.63. The zero-order valence-corrected chi connectivity index (χ0v) is 11.0. The van der Waals surface area contributed by atoms with Crippen LogP contribution in [-0.2, 0) is 4.79 Å². The van der Waals surface area contributed by atoms with Gasteiger partial charge in [-0.25, -0.2) is 0 Å². The fourth-order valence-electron chi connectivity index (χ4n) is 1.30. The van der Waals surface area contributed by atoms with E-state index in [4.69, 9.17) is 5.26 Å². The summed E-state index contributed by atoms with van der Waals surface area (Å²) in [4.78, 5) is 12.4. The van der Waals surface area contributed by atoms with Gasteiger partial charge in [0.1, 0.15) is 0 Å². The highest BCUT2D eigenvalue weighted by Crippen LogP contribution is 2.20. The number of rotatable bonds is 6. The van der Waals surface area contributed by atoms with Gasteiger partial charge in [-0.15, -0.1) is 11.8 Å². The topological polar surface area (TPSA) is 73.1 Å². The van der Waals surface area contributed by atoms with Crippen LogP contribution in [0.5, 0.6) is 0 Å². The van der Waals surface area contributed by atoms with Gasteiger partial charge in [-0.3, -0.25) is 4.79 Å². The Bertz CT molecular complexity index is 424. The van der Waals surface area contributed by atoms with Crippen molar-refractivity contribution in [3.63, 3.8) is 0 Å². The lowest BCUT2D eigenvalue weighted by atomic mass is 10.1.